The molecule has 1 amide bonds. The molecular weight excluding hydrogens is 218 g/mol. The highest BCUT2D eigenvalue weighted by Crippen LogP contribution is 2.30. The highest BCUT2D eigenvalue weighted by Gasteiger charge is 2.31. The second kappa shape index (κ2) is 5.83. The van der Waals surface area contributed by atoms with Crippen molar-refractivity contribution in [3.63, 3.8) is 0 Å². The number of amides is 1. The highest BCUT2D eigenvalue weighted by atomic mass is 16.5. The Balaban J connectivity index is 1.68. The van der Waals surface area contributed by atoms with Crippen molar-refractivity contribution in [2.75, 3.05) is 13.2 Å². The summed E-state index contributed by atoms with van der Waals surface area (Å²) in [5, 5.41) is 13.1. The van der Waals surface area contributed by atoms with Crippen molar-refractivity contribution in [3.05, 3.63) is 0 Å². The van der Waals surface area contributed by atoms with E-state index in [9.17, 15) is 9.90 Å². The van der Waals surface area contributed by atoms with E-state index >= 15 is 0 Å². The molecule has 2 aliphatic rings. The largest absolute Gasteiger partial charge is 0.389 e. The van der Waals surface area contributed by atoms with Gasteiger partial charge in [0, 0.05) is 13.2 Å². The van der Waals surface area contributed by atoms with Gasteiger partial charge in [-0.3, -0.25) is 4.79 Å². The molecule has 0 radical (unpaired) electrons. The molecule has 0 spiro atoms. The lowest BCUT2D eigenvalue weighted by Crippen LogP contribution is -2.40. The molecule has 1 heterocycles. The third-order valence-electron chi connectivity index (χ3n) is 3.82. The number of ether oxygens (including phenoxy) is 1. The summed E-state index contributed by atoms with van der Waals surface area (Å²) >= 11 is 0. The zero-order valence-corrected chi connectivity index (χ0v) is 10.4. The van der Waals surface area contributed by atoms with Gasteiger partial charge >= 0.3 is 0 Å². The molecule has 0 bridgehead atoms. The number of rotatable bonds is 4. The third-order valence-corrected chi connectivity index (χ3v) is 3.82. The van der Waals surface area contributed by atoms with E-state index in [1.165, 1.54) is 6.42 Å². The van der Waals surface area contributed by atoms with Gasteiger partial charge < -0.3 is 15.2 Å². The average Bonchev–Trinajstić information content (AvgIpc) is 2.79. The first-order valence-corrected chi connectivity index (χ1v) is 6.79. The summed E-state index contributed by atoms with van der Waals surface area (Å²) in [6.45, 7) is 1.40. The Morgan fingerprint density at radius 1 is 1.29 bits per heavy atom. The molecule has 2 N–H and O–H groups in total. The van der Waals surface area contributed by atoms with Crippen LogP contribution in [-0.2, 0) is 9.53 Å². The molecule has 4 nitrogen and oxygen atoms in total. The standard InChI is InChI=1S/C13H23NO3/c15-12(14-10-11-5-4-8-17-11)9-13(16)6-2-1-3-7-13/h11,16H,1-10H2,(H,14,15). The molecule has 1 atom stereocenters. The molecule has 17 heavy (non-hydrogen) atoms. The fraction of sp³-hybridized carbons (Fsp3) is 0.923. The topological polar surface area (TPSA) is 58.6 Å². The molecule has 2 rings (SSSR count). The van der Waals surface area contributed by atoms with Gasteiger partial charge in [0.15, 0.2) is 0 Å². The van der Waals surface area contributed by atoms with Gasteiger partial charge in [-0.1, -0.05) is 19.3 Å². The average molecular weight is 241 g/mol. The number of carbonyl (C=O) groups excluding carboxylic acids is 1. The lowest BCUT2D eigenvalue weighted by molar-refractivity contribution is -0.127. The van der Waals surface area contributed by atoms with Crippen LogP contribution in [0.15, 0.2) is 0 Å². The Bertz CT molecular complexity index is 255. The summed E-state index contributed by atoms with van der Waals surface area (Å²) in [4.78, 5) is 11.7. The number of nitrogens with one attached hydrogen (secondary N) is 1. The molecule has 4 heteroatoms. The minimum Gasteiger partial charge on any atom is -0.389 e. The summed E-state index contributed by atoms with van der Waals surface area (Å²) in [5.74, 6) is -0.0371. The quantitative estimate of drug-likeness (QED) is 0.781. The van der Waals surface area contributed by atoms with Gasteiger partial charge in [0.05, 0.1) is 18.1 Å². The second-order valence-corrected chi connectivity index (χ2v) is 5.40. The third kappa shape index (κ3) is 3.96. The Morgan fingerprint density at radius 2 is 2.06 bits per heavy atom. The molecule has 1 aliphatic carbocycles. The molecule has 1 unspecified atom stereocenters. The van der Waals surface area contributed by atoms with Gasteiger partial charge in [0.1, 0.15) is 0 Å². The van der Waals surface area contributed by atoms with E-state index in [2.05, 4.69) is 5.32 Å². The second-order valence-electron chi connectivity index (χ2n) is 5.40. The monoisotopic (exact) mass is 241 g/mol. The van der Waals surface area contributed by atoms with Crippen LogP contribution >= 0.6 is 0 Å². The predicted octanol–water partition coefficient (Wildman–Crippen LogP) is 1.37. The van der Waals surface area contributed by atoms with Crippen molar-refractivity contribution >= 4 is 5.91 Å². The molecule has 1 saturated heterocycles. The van der Waals surface area contributed by atoms with Crippen LogP contribution in [0.4, 0.5) is 0 Å². The van der Waals surface area contributed by atoms with Crippen molar-refractivity contribution in [2.45, 2.75) is 63.1 Å². The number of hydrogen-bond donors (Lipinski definition) is 2. The zero-order chi connectivity index (χ0) is 12.1. The lowest BCUT2D eigenvalue weighted by Gasteiger charge is -2.31. The fourth-order valence-electron chi connectivity index (χ4n) is 2.78. The number of aliphatic hydroxyl groups is 1. The van der Waals surface area contributed by atoms with E-state index in [-0.39, 0.29) is 18.4 Å². The first-order chi connectivity index (χ1) is 8.18. The van der Waals surface area contributed by atoms with Gasteiger partial charge in [0.2, 0.25) is 5.91 Å². The summed E-state index contributed by atoms with van der Waals surface area (Å²) in [5.41, 5.74) is -0.751. The number of hydrogen-bond acceptors (Lipinski definition) is 3. The van der Waals surface area contributed by atoms with Crippen molar-refractivity contribution in [1.29, 1.82) is 0 Å². The van der Waals surface area contributed by atoms with E-state index in [1.54, 1.807) is 0 Å². The van der Waals surface area contributed by atoms with Crippen LogP contribution in [0.3, 0.4) is 0 Å². The van der Waals surface area contributed by atoms with Crippen LogP contribution < -0.4 is 5.32 Å². The van der Waals surface area contributed by atoms with Crippen LogP contribution in [0.25, 0.3) is 0 Å². The molecule has 1 saturated carbocycles. The van der Waals surface area contributed by atoms with Gasteiger partial charge in [-0.2, -0.15) is 0 Å². The normalized spacial score (nSPS) is 27.9. The summed E-state index contributed by atoms with van der Waals surface area (Å²) < 4.78 is 5.44. The lowest BCUT2D eigenvalue weighted by atomic mass is 9.82. The Morgan fingerprint density at radius 3 is 2.71 bits per heavy atom. The molecule has 1 aliphatic heterocycles. The van der Waals surface area contributed by atoms with E-state index in [4.69, 9.17) is 4.74 Å². The molecular formula is C13H23NO3. The van der Waals surface area contributed by atoms with Crippen LogP contribution in [0.2, 0.25) is 0 Å². The minimum atomic E-state index is -0.751. The van der Waals surface area contributed by atoms with E-state index < -0.39 is 5.60 Å². The van der Waals surface area contributed by atoms with Gasteiger partial charge in [-0.05, 0) is 25.7 Å². The van der Waals surface area contributed by atoms with E-state index in [0.29, 0.717) is 6.54 Å². The van der Waals surface area contributed by atoms with Crippen LogP contribution in [0.1, 0.15) is 51.4 Å². The van der Waals surface area contributed by atoms with Gasteiger partial charge in [-0.25, -0.2) is 0 Å². The summed E-state index contributed by atoms with van der Waals surface area (Å²) in [7, 11) is 0. The summed E-state index contributed by atoms with van der Waals surface area (Å²) in [6.07, 6.45) is 7.33. The maximum absolute atomic E-state index is 11.7. The molecule has 0 aromatic heterocycles. The minimum absolute atomic E-state index is 0.0371. The first-order valence-electron chi connectivity index (χ1n) is 6.79. The Kier molecular flexibility index (Phi) is 4.40. The maximum atomic E-state index is 11.7. The van der Waals surface area contributed by atoms with E-state index in [0.717, 1.165) is 45.1 Å². The molecule has 0 aromatic carbocycles. The predicted molar refractivity (Wildman–Crippen MR) is 64.6 cm³/mol. The van der Waals surface area contributed by atoms with Crippen molar-refractivity contribution in [2.24, 2.45) is 0 Å². The van der Waals surface area contributed by atoms with Crippen LogP contribution in [0.5, 0.6) is 0 Å². The number of carbonyl (C=O) groups is 1. The fourth-order valence-corrected chi connectivity index (χ4v) is 2.78. The van der Waals surface area contributed by atoms with Crippen LogP contribution in [-0.4, -0.2) is 35.9 Å². The van der Waals surface area contributed by atoms with Crippen LogP contribution in [0, 0.1) is 0 Å². The van der Waals surface area contributed by atoms with Gasteiger partial charge in [-0.15, -0.1) is 0 Å². The van der Waals surface area contributed by atoms with Crippen molar-refractivity contribution < 1.29 is 14.6 Å². The Hall–Kier alpha value is -0.610. The first kappa shape index (κ1) is 12.8. The van der Waals surface area contributed by atoms with Crippen molar-refractivity contribution in [3.8, 4) is 0 Å². The zero-order valence-electron chi connectivity index (χ0n) is 10.4. The molecule has 2 fully saturated rings. The Labute approximate surface area is 103 Å². The SMILES string of the molecule is O=C(CC1(O)CCCCC1)NCC1CCCO1. The maximum Gasteiger partial charge on any atom is 0.222 e. The molecule has 0 aromatic rings. The smallest absolute Gasteiger partial charge is 0.222 e. The highest BCUT2D eigenvalue weighted by molar-refractivity contribution is 5.77. The van der Waals surface area contributed by atoms with E-state index in [1.807, 2.05) is 0 Å². The van der Waals surface area contributed by atoms with Crippen molar-refractivity contribution in [1.82, 2.24) is 5.32 Å². The van der Waals surface area contributed by atoms with Gasteiger partial charge in [0.25, 0.3) is 0 Å². The summed E-state index contributed by atoms with van der Waals surface area (Å²) in [6, 6.07) is 0. The molecule has 98 valence electrons.